The molecular weight excluding hydrogens is 296 g/mol. The lowest BCUT2D eigenvalue weighted by Gasteiger charge is -2.11. The molecule has 2 aromatic carbocycles. The van der Waals surface area contributed by atoms with Crippen molar-refractivity contribution in [2.75, 3.05) is 0 Å². The van der Waals surface area contributed by atoms with Crippen LogP contribution in [0.15, 0.2) is 18.2 Å². The van der Waals surface area contributed by atoms with Crippen LogP contribution in [0.1, 0.15) is 5.56 Å². The quantitative estimate of drug-likeness (QED) is 0.462. The fraction of sp³-hybridized carbons (Fsp3) is 0.0714. The molecule has 0 radical (unpaired) electrons. The maximum atomic E-state index is 13.7. The van der Waals surface area contributed by atoms with Gasteiger partial charge >= 0.3 is 0 Å². The summed E-state index contributed by atoms with van der Waals surface area (Å²) < 4.78 is 79.9. The Bertz CT molecular complexity index is 734. The van der Waals surface area contributed by atoms with Gasteiger partial charge in [0, 0.05) is 0 Å². The molecule has 1 nitrogen and oxygen atoms in total. The van der Waals surface area contributed by atoms with Crippen LogP contribution in [0.25, 0.3) is 11.1 Å². The van der Waals surface area contributed by atoms with Gasteiger partial charge in [-0.15, -0.1) is 0 Å². The summed E-state index contributed by atoms with van der Waals surface area (Å²) in [6, 6.07) is 4.09. The predicted octanol–water partition coefficient (Wildman–Crippen LogP) is 4.25. The zero-order valence-corrected chi connectivity index (χ0v) is 10.2. The van der Waals surface area contributed by atoms with Crippen molar-refractivity contribution in [2.45, 2.75) is 6.42 Å². The van der Waals surface area contributed by atoms with Gasteiger partial charge in [0.1, 0.15) is 5.82 Å². The van der Waals surface area contributed by atoms with E-state index >= 15 is 0 Å². The van der Waals surface area contributed by atoms with Crippen LogP contribution in [-0.4, -0.2) is 0 Å². The number of hydrogen-bond donors (Lipinski definition) is 0. The minimum Gasteiger partial charge on any atom is -0.207 e. The van der Waals surface area contributed by atoms with Gasteiger partial charge in [0.2, 0.25) is 5.82 Å². The summed E-state index contributed by atoms with van der Waals surface area (Å²) in [7, 11) is 0. The molecule has 0 fully saturated rings. The minimum absolute atomic E-state index is 0.180. The SMILES string of the molecule is N#CCc1cc(F)ccc1-c1c(F)c(F)c(F)c(F)c1F. The molecule has 0 aromatic heterocycles. The van der Waals surface area contributed by atoms with Crippen LogP contribution in [0.4, 0.5) is 26.3 Å². The topological polar surface area (TPSA) is 23.8 Å². The lowest BCUT2D eigenvalue weighted by atomic mass is 9.96. The predicted molar refractivity (Wildman–Crippen MR) is 60.9 cm³/mol. The summed E-state index contributed by atoms with van der Waals surface area (Å²) in [5, 5.41) is 8.61. The highest BCUT2D eigenvalue weighted by Gasteiger charge is 2.27. The lowest BCUT2D eigenvalue weighted by Crippen LogP contribution is -2.05. The maximum Gasteiger partial charge on any atom is 0.200 e. The van der Waals surface area contributed by atoms with Crippen LogP contribution in [0, 0.1) is 46.2 Å². The second kappa shape index (κ2) is 5.48. The standard InChI is InChI=1S/C14H5F6N/c15-7-1-2-8(6(5-7)3-4-21)9-10(16)12(18)14(20)13(19)11(9)17/h1-2,5H,3H2. The van der Waals surface area contributed by atoms with Gasteiger partial charge in [-0.3, -0.25) is 0 Å². The molecule has 0 unspecified atom stereocenters. The summed E-state index contributed by atoms with van der Waals surface area (Å²) in [4.78, 5) is 0. The molecule has 0 amide bonds. The third-order valence-corrected chi connectivity index (χ3v) is 2.82. The fourth-order valence-corrected chi connectivity index (χ4v) is 1.88. The molecule has 0 saturated carbocycles. The van der Waals surface area contributed by atoms with E-state index in [1.165, 1.54) is 0 Å². The minimum atomic E-state index is -2.28. The number of hydrogen-bond acceptors (Lipinski definition) is 1. The molecule has 2 rings (SSSR count). The molecule has 21 heavy (non-hydrogen) atoms. The Morgan fingerprint density at radius 3 is 1.86 bits per heavy atom. The van der Waals surface area contributed by atoms with E-state index in [9.17, 15) is 26.3 Å². The van der Waals surface area contributed by atoms with Crippen molar-refractivity contribution in [1.29, 1.82) is 5.26 Å². The Labute approximate surface area is 115 Å². The zero-order valence-electron chi connectivity index (χ0n) is 10.2. The van der Waals surface area contributed by atoms with E-state index in [0.29, 0.717) is 0 Å². The van der Waals surface area contributed by atoms with Crippen LogP contribution in [0.3, 0.4) is 0 Å². The maximum absolute atomic E-state index is 13.7. The highest BCUT2D eigenvalue weighted by atomic mass is 19.2. The van der Waals surface area contributed by atoms with Crippen LogP contribution in [0.5, 0.6) is 0 Å². The molecule has 0 atom stereocenters. The smallest absolute Gasteiger partial charge is 0.200 e. The molecular formula is C14H5F6N. The third kappa shape index (κ3) is 2.44. The van der Waals surface area contributed by atoms with Crippen molar-refractivity contribution in [3.05, 3.63) is 58.7 Å². The van der Waals surface area contributed by atoms with Gasteiger partial charge in [-0.25, -0.2) is 26.3 Å². The monoisotopic (exact) mass is 301 g/mol. The molecule has 0 bridgehead atoms. The highest BCUT2D eigenvalue weighted by Crippen LogP contribution is 2.34. The average Bonchev–Trinajstić information content (AvgIpc) is 2.46. The van der Waals surface area contributed by atoms with Crippen LogP contribution >= 0.6 is 0 Å². The molecule has 0 aliphatic carbocycles. The van der Waals surface area contributed by atoms with Crippen molar-refractivity contribution in [3.63, 3.8) is 0 Å². The summed E-state index contributed by atoms with van der Waals surface area (Å²) in [5.74, 6) is -11.3. The number of nitrogens with zero attached hydrogens (tertiary/aromatic N) is 1. The largest absolute Gasteiger partial charge is 0.207 e. The molecule has 7 heteroatoms. The van der Waals surface area contributed by atoms with Gasteiger partial charge in [-0.05, 0) is 23.3 Å². The summed E-state index contributed by atoms with van der Waals surface area (Å²) in [6.45, 7) is 0. The van der Waals surface area contributed by atoms with E-state index in [-0.39, 0.29) is 5.56 Å². The molecule has 0 spiro atoms. The molecule has 0 aliphatic heterocycles. The van der Waals surface area contributed by atoms with Crippen molar-refractivity contribution < 1.29 is 26.3 Å². The van der Waals surface area contributed by atoms with Crippen molar-refractivity contribution in [3.8, 4) is 17.2 Å². The molecule has 0 saturated heterocycles. The van der Waals surface area contributed by atoms with Crippen LogP contribution in [0.2, 0.25) is 0 Å². The van der Waals surface area contributed by atoms with Crippen LogP contribution < -0.4 is 0 Å². The Morgan fingerprint density at radius 1 is 0.810 bits per heavy atom. The summed E-state index contributed by atoms with van der Waals surface area (Å²) in [5.41, 5.74) is -1.79. The van der Waals surface area contributed by atoms with Gasteiger partial charge in [0.05, 0.1) is 18.1 Å². The Kier molecular flexibility index (Phi) is 3.89. The molecule has 0 heterocycles. The Hall–Kier alpha value is -2.49. The van der Waals surface area contributed by atoms with E-state index in [0.717, 1.165) is 18.2 Å². The van der Waals surface area contributed by atoms with Gasteiger partial charge in [0.25, 0.3) is 0 Å². The first kappa shape index (κ1) is 14.9. The molecule has 0 aliphatic rings. The van der Waals surface area contributed by atoms with E-state index in [4.69, 9.17) is 5.26 Å². The number of benzene rings is 2. The third-order valence-electron chi connectivity index (χ3n) is 2.82. The normalized spacial score (nSPS) is 10.5. The van der Waals surface area contributed by atoms with Gasteiger partial charge in [-0.1, -0.05) is 6.07 Å². The van der Waals surface area contributed by atoms with E-state index in [1.807, 2.05) is 0 Å². The average molecular weight is 301 g/mol. The first-order valence-electron chi connectivity index (χ1n) is 5.55. The summed E-state index contributed by atoms with van der Waals surface area (Å²) >= 11 is 0. The van der Waals surface area contributed by atoms with Gasteiger partial charge in [0.15, 0.2) is 23.3 Å². The number of rotatable bonds is 2. The second-order valence-corrected chi connectivity index (χ2v) is 4.08. The molecule has 0 N–H and O–H groups in total. The molecule has 108 valence electrons. The van der Waals surface area contributed by atoms with E-state index in [1.54, 1.807) is 6.07 Å². The van der Waals surface area contributed by atoms with Gasteiger partial charge in [-0.2, -0.15) is 5.26 Å². The number of halogens is 6. The Balaban J connectivity index is 2.83. The second-order valence-electron chi connectivity index (χ2n) is 4.08. The van der Waals surface area contributed by atoms with Crippen molar-refractivity contribution in [2.24, 2.45) is 0 Å². The Morgan fingerprint density at radius 2 is 1.33 bits per heavy atom. The first-order chi connectivity index (χ1) is 9.88. The van der Waals surface area contributed by atoms with Crippen molar-refractivity contribution >= 4 is 0 Å². The lowest BCUT2D eigenvalue weighted by molar-refractivity contribution is 0.381. The van der Waals surface area contributed by atoms with Gasteiger partial charge < -0.3 is 0 Å². The van der Waals surface area contributed by atoms with Crippen LogP contribution in [-0.2, 0) is 6.42 Å². The summed E-state index contributed by atoms with van der Waals surface area (Å²) in [6.07, 6.45) is -0.452. The van der Waals surface area contributed by atoms with E-state index < -0.39 is 52.5 Å². The van der Waals surface area contributed by atoms with E-state index in [2.05, 4.69) is 0 Å². The first-order valence-corrected chi connectivity index (χ1v) is 5.55. The fourth-order valence-electron chi connectivity index (χ4n) is 1.88. The highest BCUT2D eigenvalue weighted by molar-refractivity contribution is 5.69. The number of nitriles is 1. The molecule has 2 aromatic rings. The zero-order chi connectivity index (χ0) is 15.7. The van der Waals surface area contributed by atoms with Crippen molar-refractivity contribution in [1.82, 2.24) is 0 Å².